The first-order chi connectivity index (χ1) is 15.6. The summed E-state index contributed by atoms with van der Waals surface area (Å²) in [5.41, 5.74) is 5.05. The second-order valence-corrected chi connectivity index (χ2v) is 8.27. The van der Waals surface area contributed by atoms with Crippen LogP contribution in [0.3, 0.4) is 0 Å². The van der Waals surface area contributed by atoms with Gasteiger partial charge in [-0.15, -0.1) is 12.4 Å². The largest absolute Gasteiger partial charge is 0.507 e. The van der Waals surface area contributed by atoms with Crippen molar-refractivity contribution < 1.29 is 9.84 Å². The molecule has 0 saturated carbocycles. The molecule has 0 radical (unpaired) electrons. The van der Waals surface area contributed by atoms with Crippen molar-refractivity contribution in [1.82, 2.24) is 24.9 Å². The number of phenols is 1. The molecule has 1 fully saturated rings. The maximum atomic E-state index is 10.8. The highest BCUT2D eigenvalue weighted by atomic mass is 35.5. The molecule has 1 aliphatic heterocycles. The molecule has 7 nitrogen and oxygen atoms in total. The zero-order valence-electron chi connectivity index (χ0n) is 19.0. The van der Waals surface area contributed by atoms with Crippen LogP contribution in [-0.4, -0.2) is 56.2 Å². The van der Waals surface area contributed by atoms with E-state index in [1.807, 2.05) is 50.5 Å². The number of aromatic hydroxyl groups is 1. The van der Waals surface area contributed by atoms with Gasteiger partial charge in [-0.25, -0.2) is 0 Å². The molecule has 0 amide bonds. The molecular formula is C25H28ClN5O2. The van der Waals surface area contributed by atoms with Crippen LogP contribution in [-0.2, 0) is 7.05 Å². The number of nitrogens with zero attached hydrogens (tertiary/aromatic N) is 5. The molecule has 0 unspecified atom stereocenters. The Morgan fingerprint density at radius 3 is 2.52 bits per heavy atom. The molecular weight excluding hydrogens is 438 g/mol. The van der Waals surface area contributed by atoms with Crippen LogP contribution in [0.5, 0.6) is 11.5 Å². The van der Waals surface area contributed by atoms with E-state index in [1.54, 1.807) is 10.7 Å². The van der Waals surface area contributed by atoms with Crippen LogP contribution in [0.4, 0.5) is 0 Å². The summed E-state index contributed by atoms with van der Waals surface area (Å²) in [4.78, 5) is 2.38. The summed E-state index contributed by atoms with van der Waals surface area (Å²) in [7, 11) is 1.90. The van der Waals surface area contributed by atoms with Gasteiger partial charge in [0.25, 0.3) is 0 Å². The number of halogens is 1. The van der Waals surface area contributed by atoms with Gasteiger partial charge in [0.15, 0.2) is 0 Å². The van der Waals surface area contributed by atoms with Crippen molar-refractivity contribution in [2.75, 3.05) is 26.2 Å². The summed E-state index contributed by atoms with van der Waals surface area (Å²) in [5.74, 6) is 1.37. The molecule has 172 valence electrons. The number of aromatic nitrogens is 4. The lowest BCUT2D eigenvalue weighted by atomic mass is 9.95. The average Bonchev–Trinajstić information content (AvgIpc) is 3.14. The second kappa shape index (κ2) is 9.37. The number of benzene rings is 2. The van der Waals surface area contributed by atoms with E-state index < -0.39 is 0 Å². The minimum Gasteiger partial charge on any atom is -0.507 e. The SMILES string of the molecule is CCOc1cc(-c2ccc(-c3ccc(C4CN(CC)C4)nn3)c(O)c2)cc2cn(C)nc12.Cl. The highest BCUT2D eigenvalue weighted by molar-refractivity contribution is 5.90. The highest BCUT2D eigenvalue weighted by Crippen LogP contribution is 2.36. The molecule has 1 saturated heterocycles. The van der Waals surface area contributed by atoms with Gasteiger partial charge in [-0.3, -0.25) is 4.68 Å². The Balaban J connectivity index is 0.00000259. The Labute approximate surface area is 199 Å². The molecule has 33 heavy (non-hydrogen) atoms. The van der Waals surface area contributed by atoms with E-state index in [0.717, 1.165) is 53.1 Å². The van der Waals surface area contributed by atoms with Gasteiger partial charge in [-0.1, -0.05) is 13.0 Å². The molecule has 0 atom stereocenters. The number of likely N-dealkylation sites (N-methyl/N-ethyl adjacent to an activating group) is 1. The lowest BCUT2D eigenvalue weighted by Crippen LogP contribution is -2.44. The molecule has 2 aromatic heterocycles. The third-order valence-corrected chi connectivity index (χ3v) is 6.10. The van der Waals surface area contributed by atoms with Crippen LogP contribution in [0.25, 0.3) is 33.3 Å². The number of hydrogen-bond acceptors (Lipinski definition) is 6. The molecule has 0 aliphatic carbocycles. The summed E-state index contributed by atoms with van der Waals surface area (Å²) in [6.07, 6.45) is 1.97. The molecule has 3 heterocycles. The Kier molecular flexibility index (Phi) is 6.54. The van der Waals surface area contributed by atoms with E-state index in [-0.39, 0.29) is 18.2 Å². The summed E-state index contributed by atoms with van der Waals surface area (Å²) >= 11 is 0. The minimum atomic E-state index is 0. The van der Waals surface area contributed by atoms with Gasteiger partial charge >= 0.3 is 0 Å². The third kappa shape index (κ3) is 4.38. The normalized spacial score (nSPS) is 14.2. The second-order valence-electron chi connectivity index (χ2n) is 8.27. The Bertz CT molecular complexity index is 1270. The smallest absolute Gasteiger partial charge is 0.147 e. The molecule has 4 aromatic rings. The number of phenolic OH excluding ortho intramolecular Hbond substituents is 1. The van der Waals surface area contributed by atoms with Crippen LogP contribution in [0.2, 0.25) is 0 Å². The minimum absolute atomic E-state index is 0. The lowest BCUT2D eigenvalue weighted by Gasteiger charge is -2.37. The topological polar surface area (TPSA) is 76.3 Å². The van der Waals surface area contributed by atoms with Crippen LogP contribution in [0.15, 0.2) is 48.7 Å². The highest BCUT2D eigenvalue weighted by Gasteiger charge is 2.28. The third-order valence-electron chi connectivity index (χ3n) is 6.10. The molecule has 1 N–H and O–H groups in total. The van der Waals surface area contributed by atoms with Gasteiger partial charge in [0.2, 0.25) is 0 Å². The van der Waals surface area contributed by atoms with Gasteiger partial charge in [0, 0.05) is 43.2 Å². The average molecular weight is 466 g/mol. The number of aryl methyl sites for hydroxylation is 1. The molecule has 0 spiro atoms. The van der Waals surface area contributed by atoms with Crippen LogP contribution >= 0.6 is 12.4 Å². The Hall–Kier alpha value is -3.16. The number of rotatable bonds is 6. The predicted octanol–water partition coefficient (Wildman–Crippen LogP) is 4.64. The van der Waals surface area contributed by atoms with E-state index in [9.17, 15) is 5.11 Å². The Morgan fingerprint density at radius 2 is 1.85 bits per heavy atom. The van der Waals surface area contributed by atoms with E-state index in [1.165, 1.54) is 0 Å². The number of fused-ring (bicyclic) bond motifs is 1. The number of ether oxygens (including phenoxy) is 1. The maximum absolute atomic E-state index is 10.8. The van der Waals surface area contributed by atoms with Crippen molar-refractivity contribution in [2.45, 2.75) is 19.8 Å². The molecule has 0 bridgehead atoms. The maximum Gasteiger partial charge on any atom is 0.147 e. The van der Waals surface area contributed by atoms with Crippen molar-refractivity contribution >= 4 is 23.3 Å². The molecule has 8 heteroatoms. The van der Waals surface area contributed by atoms with E-state index in [2.05, 4.69) is 33.2 Å². The van der Waals surface area contributed by atoms with E-state index in [4.69, 9.17) is 4.74 Å². The molecule has 2 aromatic carbocycles. The fourth-order valence-corrected chi connectivity index (χ4v) is 4.30. The predicted molar refractivity (Wildman–Crippen MR) is 132 cm³/mol. The summed E-state index contributed by atoms with van der Waals surface area (Å²) < 4.78 is 7.60. The van der Waals surface area contributed by atoms with E-state index >= 15 is 0 Å². The van der Waals surface area contributed by atoms with E-state index in [0.29, 0.717) is 23.8 Å². The standard InChI is InChI=1S/C25H27N5O2.ClH/c1-4-30-14-19(15-30)21-8-9-22(27-26-21)20-7-6-16(11-23(20)31)17-10-18-13-29(3)28-25(18)24(12-17)32-5-2;/h6-13,19,31H,4-5,14-15H2,1-3H3;1H. The Morgan fingerprint density at radius 1 is 1.03 bits per heavy atom. The first-order valence-electron chi connectivity index (χ1n) is 11.1. The van der Waals surface area contributed by atoms with Gasteiger partial charge in [-0.2, -0.15) is 15.3 Å². The van der Waals surface area contributed by atoms with Gasteiger partial charge < -0.3 is 14.7 Å². The van der Waals surface area contributed by atoms with Crippen molar-refractivity contribution in [2.24, 2.45) is 7.05 Å². The summed E-state index contributed by atoms with van der Waals surface area (Å²) in [6.45, 7) is 7.83. The fraction of sp³-hybridized carbons (Fsp3) is 0.320. The van der Waals surface area contributed by atoms with Gasteiger partial charge in [0.05, 0.1) is 18.0 Å². The monoisotopic (exact) mass is 465 g/mol. The summed E-state index contributed by atoms with van der Waals surface area (Å²) in [6, 6.07) is 13.7. The fourth-order valence-electron chi connectivity index (χ4n) is 4.30. The first kappa shape index (κ1) is 23.0. The summed E-state index contributed by atoms with van der Waals surface area (Å²) in [5, 5.41) is 25.1. The van der Waals surface area contributed by atoms with Crippen molar-refractivity contribution in [3.63, 3.8) is 0 Å². The van der Waals surface area contributed by atoms with Crippen LogP contribution in [0.1, 0.15) is 25.5 Å². The quantitative estimate of drug-likeness (QED) is 0.447. The zero-order valence-corrected chi connectivity index (χ0v) is 19.8. The molecule has 1 aliphatic rings. The van der Waals surface area contributed by atoms with Crippen LogP contribution < -0.4 is 4.74 Å². The van der Waals surface area contributed by atoms with Crippen molar-refractivity contribution in [3.8, 4) is 33.9 Å². The van der Waals surface area contributed by atoms with Gasteiger partial charge in [-0.05, 0) is 61.0 Å². The number of likely N-dealkylation sites (tertiary alicyclic amines) is 1. The number of hydrogen-bond donors (Lipinski definition) is 1. The first-order valence-corrected chi connectivity index (χ1v) is 11.1. The van der Waals surface area contributed by atoms with Crippen LogP contribution in [0, 0.1) is 0 Å². The van der Waals surface area contributed by atoms with Crippen molar-refractivity contribution in [3.05, 3.63) is 54.4 Å². The lowest BCUT2D eigenvalue weighted by molar-refractivity contribution is 0.154. The van der Waals surface area contributed by atoms with Crippen molar-refractivity contribution in [1.29, 1.82) is 0 Å². The van der Waals surface area contributed by atoms with Gasteiger partial charge in [0.1, 0.15) is 17.0 Å². The molecule has 5 rings (SSSR count). The zero-order chi connectivity index (χ0) is 22.2.